The summed E-state index contributed by atoms with van der Waals surface area (Å²) in [4.78, 5) is 23.0. The van der Waals surface area contributed by atoms with Crippen molar-refractivity contribution in [1.29, 1.82) is 0 Å². The highest BCUT2D eigenvalue weighted by Crippen LogP contribution is 2.63. The van der Waals surface area contributed by atoms with Crippen molar-refractivity contribution in [2.45, 2.75) is 38.9 Å². The number of hydrogen-bond acceptors (Lipinski definition) is 5. The number of ether oxygens (including phenoxy) is 3. The van der Waals surface area contributed by atoms with E-state index < -0.39 is 10.8 Å². The van der Waals surface area contributed by atoms with Gasteiger partial charge in [0.2, 0.25) is 0 Å². The molecular weight excluding hydrogens is 224 g/mol. The van der Waals surface area contributed by atoms with Crippen LogP contribution in [0.1, 0.15) is 26.7 Å². The van der Waals surface area contributed by atoms with Crippen LogP contribution in [0.15, 0.2) is 0 Å². The maximum Gasteiger partial charge on any atom is 0.315 e. The Balaban J connectivity index is 1.95. The van der Waals surface area contributed by atoms with Gasteiger partial charge in [-0.3, -0.25) is 9.59 Å². The molecular formula is C12H16O5. The van der Waals surface area contributed by atoms with Crippen molar-refractivity contribution in [3.05, 3.63) is 0 Å². The van der Waals surface area contributed by atoms with Gasteiger partial charge in [-0.15, -0.1) is 0 Å². The second kappa shape index (κ2) is 3.22. The molecule has 0 spiro atoms. The Kier molecular flexibility index (Phi) is 2.09. The summed E-state index contributed by atoms with van der Waals surface area (Å²) >= 11 is 0. The van der Waals surface area contributed by atoms with E-state index in [0.29, 0.717) is 6.61 Å². The summed E-state index contributed by atoms with van der Waals surface area (Å²) in [7, 11) is 0. The molecule has 0 aromatic carbocycles. The van der Waals surface area contributed by atoms with Gasteiger partial charge in [-0.25, -0.2) is 0 Å². The molecule has 4 atom stereocenters. The minimum Gasteiger partial charge on any atom is -0.465 e. The molecule has 17 heavy (non-hydrogen) atoms. The molecule has 0 unspecified atom stereocenters. The highest BCUT2D eigenvalue weighted by molar-refractivity contribution is 5.82. The highest BCUT2D eigenvalue weighted by Gasteiger charge is 2.75. The Morgan fingerprint density at radius 2 is 2.18 bits per heavy atom. The zero-order valence-corrected chi connectivity index (χ0v) is 10.0. The van der Waals surface area contributed by atoms with Gasteiger partial charge in [-0.1, -0.05) is 0 Å². The Morgan fingerprint density at radius 1 is 1.47 bits per heavy atom. The third kappa shape index (κ3) is 1.13. The molecule has 3 rings (SSSR count). The fourth-order valence-corrected chi connectivity index (χ4v) is 3.56. The molecule has 0 amide bonds. The van der Waals surface area contributed by atoms with Crippen LogP contribution in [0.25, 0.3) is 0 Å². The lowest BCUT2D eigenvalue weighted by Gasteiger charge is -2.38. The summed E-state index contributed by atoms with van der Waals surface area (Å²) in [5, 5.41) is 0. The monoisotopic (exact) mass is 240 g/mol. The third-order valence-corrected chi connectivity index (χ3v) is 4.73. The molecule has 0 aromatic rings. The number of carbonyl (C=O) groups excluding carboxylic acids is 2. The minimum atomic E-state index is -0.647. The number of carbonyl (C=O) groups is 2. The fourth-order valence-electron chi connectivity index (χ4n) is 3.56. The van der Waals surface area contributed by atoms with Crippen LogP contribution < -0.4 is 0 Å². The Morgan fingerprint density at radius 3 is 2.88 bits per heavy atom. The lowest BCUT2D eigenvalue weighted by atomic mass is 9.59. The first-order valence-corrected chi connectivity index (χ1v) is 5.97. The van der Waals surface area contributed by atoms with Crippen molar-refractivity contribution >= 4 is 11.9 Å². The van der Waals surface area contributed by atoms with Crippen LogP contribution in [0.5, 0.6) is 0 Å². The topological polar surface area (TPSA) is 61.8 Å². The molecule has 0 aliphatic carbocycles. The lowest BCUT2D eigenvalue weighted by molar-refractivity contribution is -0.152. The van der Waals surface area contributed by atoms with Gasteiger partial charge >= 0.3 is 11.9 Å². The Hall–Kier alpha value is -1.10. The Labute approximate surface area is 99.4 Å². The van der Waals surface area contributed by atoms with Gasteiger partial charge in [0, 0.05) is 6.92 Å². The maximum absolute atomic E-state index is 12.0. The number of cyclic esters (lactones) is 1. The van der Waals surface area contributed by atoms with Gasteiger partial charge in [0.25, 0.3) is 0 Å². The molecule has 3 fully saturated rings. The van der Waals surface area contributed by atoms with E-state index in [-0.39, 0.29) is 30.8 Å². The first kappa shape index (κ1) is 11.0. The zero-order chi connectivity index (χ0) is 12.3. The van der Waals surface area contributed by atoms with Gasteiger partial charge in [0.1, 0.15) is 18.6 Å². The SMILES string of the molecule is CC(=O)OC[C@]12COC(=O)[C@@]1(C)[C@@H]1CC[C@@H]2O1. The number of fused-ring (bicyclic) bond motifs is 5. The summed E-state index contributed by atoms with van der Waals surface area (Å²) in [5.41, 5.74) is -1.12. The normalized spacial score (nSPS) is 46.8. The van der Waals surface area contributed by atoms with E-state index in [1.165, 1.54) is 6.92 Å². The van der Waals surface area contributed by atoms with Crippen molar-refractivity contribution in [3.8, 4) is 0 Å². The first-order valence-electron chi connectivity index (χ1n) is 5.97. The van der Waals surface area contributed by atoms with E-state index in [0.717, 1.165) is 12.8 Å². The molecule has 0 aromatic heterocycles. The highest BCUT2D eigenvalue weighted by atomic mass is 16.6. The first-order chi connectivity index (χ1) is 8.00. The molecule has 5 nitrogen and oxygen atoms in total. The average Bonchev–Trinajstić information content (AvgIpc) is 2.90. The van der Waals surface area contributed by atoms with E-state index in [4.69, 9.17) is 14.2 Å². The fraction of sp³-hybridized carbons (Fsp3) is 0.833. The minimum absolute atomic E-state index is 0.0247. The standard InChI is InChI=1S/C12H16O5/c1-7(13)15-5-12-6-16-10(14)11(12,2)8-3-4-9(12)17-8/h8-9H,3-6H2,1-2H3/t8-,9-,11+,12+/m0/s1. The largest absolute Gasteiger partial charge is 0.465 e. The predicted octanol–water partition coefficient (Wildman–Crippen LogP) is 0.660. The van der Waals surface area contributed by atoms with Crippen LogP contribution in [-0.4, -0.2) is 37.4 Å². The Bertz CT molecular complexity index is 392. The van der Waals surface area contributed by atoms with Crippen LogP contribution in [0, 0.1) is 10.8 Å². The van der Waals surface area contributed by atoms with E-state index >= 15 is 0 Å². The summed E-state index contributed by atoms with van der Waals surface area (Å²) in [5.74, 6) is -0.541. The van der Waals surface area contributed by atoms with Crippen molar-refractivity contribution in [3.63, 3.8) is 0 Å². The average molecular weight is 240 g/mol. The summed E-state index contributed by atoms with van der Waals surface area (Å²) in [6.07, 6.45) is 1.69. The van der Waals surface area contributed by atoms with Gasteiger partial charge in [0.15, 0.2) is 0 Å². The van der Waals surface area contributed by atoms with Crippen LogP contribution >= 0.6 is 0 Å². The van der Waals surface area contributed by atoms with E-state index in [9.17, 15) is 9.59 Å². The molecule has 3 aliphatic rings. The van der Waals surface area contributed by atoms with Crippen LogP contribution in [0.3, 0.4) is 0 Å². The van der Waals surface area contributed by atoms with Crippen molar-refractivity contribution in [2.75, 3.05) is 13.2 Å². The van der Waals surface area contributed by atoms with Crippen LogP contribution in [-0.2, 0) is 23.8 Å². The molecule has 2 bridgehead atoms. The lowest BCUT2D eigenvalue weighted by Crippen LogP contribution is -2.52. The molecule has 0 N–H and O–H groups in total. The predicted molar refractivity (Wildman–Crippen MR) is 56.0 cm³/mol. The van der Waals surface area contributed by atoms with Crippen molar-refractivity contribution < 1.29 is 23.8 Å². The molecule has 5 heteroatoms. The third-order valence-electron chi connectivity index (χ3n) is 4.73. The second-order valence-electron chi connectivity index (χ2n) is 5.41. The van der Waals surface area contributed by atoms with Crippen molar-refractivity contribution in [2.24, 2.45) is 10.8 Å². The van der Waals surface area contributed by atoms with E-state index in [1.807, 2.05) is 6.92 Å². The molecule has 0 saturated carbocycles. The molecule has 0 radical (unpaired) electrons. The molecule has 3 heterocycles. The summed E-state index contributed by atoms with van der Waals surface area (Å²) in [6, 6.07) is 0. The molecule has 3 aliphatic heterocycles. The number of hydrogen-bond donors (Lipinski definition) is 0. The van der Waals surface area contributed by atoms with Gasteiger partial charge < -0.3 is 14.2 Å². The van der Waals surface area contributed by atoms with Crippen LogP contribution in [0.2, 0.25) is 0 Å². The number of rotatable bonds is 2. The van der Waals surface area contributed by atoms with Crippen LogP contribution in [0.4, 0.5) is 0 Å². The second-order valence-corrected chi connectivity index (χ2v) is 5.41. The van der Waals surface area contributed by atoms with E-state index in [1.54, 1.807) is 0 Å². The van der Waals surface area contributed by atoms with Gasteiger partial charge in [-0.2, -0.15) is 0 Å². The van der Waals surface area contributed by atoms with Crippen molar-refractivity contribution in [1.82, 2.24) is 0 Å². The zero-order valence-electron chi connectivity index (χ0n) is 10.0. The maximum atomic E-state index is 12.0. The van der Waals surface area contributed by atoms with Gasteiger partial charge in [-0.05, 0) is 19.8 Å². The smallest absolute Gasteiger partial charge is 0.315 e. The summed E-state index contributed by atoms with van der Waals surface area (Å²) < 4.78 is 16.2. The van der Waals surface area contributed by atoms with E-state index in [2.05, 4.69) is 0 Å². The quantitative estimate of drug-likeness (QED) is 0.663. The molecule has 3 saturated heterocycles. The molecule has 94 valence electrons. The summed E-state index contributed by atoms with van der Waals surface area (Å²) in [6.45, 7) is 3.78. The van der Waals surface area contributed by atoms with Gasteiger partial charge in [0.05, 0.1) is 17.6 Å². The number of esters is 2.